The smallest absolute Gasteiger partial charge is 0.325 e. The Labute approximate surface area is 118 Å². The van der Waals surface area contributed by atoms with Crippen LogP contribution in [0, 0.1) is 0 Å². The number of nitrogens with zero attached hydrogens (tertiary/aromatic N) is 1. The molecule has 0 fully saturated rings. The summed E-state index contributed by atoms with van der Waals surface area (Å²) in [6, 6.07) is 7.57. The number of hydrogen-bond acceptors (Lipinski definition) is 3. The van der Waals surface area contributed by atoms with Crippen LogP contribution in [-0.4, -0.2) is 37.5 Å². The molecule has 0 radical (unpaired) electrons. The molecule has 1 amide bonds. The van der Waals surface area contributed by atoms with E-state index in [0.717, 1.165) is 18.4 Å². The highest BCUT2D eigenvalue weighted by atomic mass is 35.5. The van der Waals surface area contributed by atoms with Crippen LogP contribution in [0.3, 0.4) is 0 Å². The van der Waals surface area contributed by atoms with Crippen LogP contribution in [0.2, 0.25) is 5.02 Å². The number of benzene rings is 1. The highest BCUT2D eigenvalue weighted by molar-refractivity contribution is 6.30. The summed E-state index contributed by atoms with van der Waals surface area (Å²) in [6.07, 6.45) is 1.97. The van der Waals surface area contributed by atoms with Crippen LogP contribution >= 0.6 is 11.6 Å². The molecule has 0 unspecified atom stereocenters. The number of likely N-dealkylation sites (N-methyl/N-ethyl adjacent to an activating group) is 1. The zero-order chi connectivity index (χ0) is 14.3. The van der Waals surface area contributed by atoms with E-state index in [1.807, 2.05) is 24.3 Å². The van der Waals surface area contributed by atoms with Crippen LogP contribution < -0.4 is 0 Å². The van der Waals surface area contributed by atoms with E-state index in [-0.39, 0.29) is 12.5 Å². The zero-order valence-corrected chi connectivity index (χ0v) is 11.9. The van der Waals surface area contributed by atoms with Gasteiger partial charge in [0.15, 0.2) is 0 Å². The molecular formula is C14H18ClNO3. The second-order valence-electron chi connectivity index (χ2n) is 4.31. The van der Waals surface area contributed by atoms with Crippen molar-refractivity contribution in [1.82, 2.24) is 4.90 Å². The minimum atomic E-state index is -0.409. The van der Waals surface area contributed by atoms with Gasteiger partial charge in [-0.2, -0.15) is 0 Å². The summed E-state index contributed by atoms with van der Waals surface area (Å²) in [5, 5.41) is 0.706. The average Bonchev–Trinajstić information content (AvgIpc) is 2.40. The lowest BCUT2D eigenvalue weighted by atomic mass is 10.1. The van der Waals surface area contributed by atoms with Gasteiger partial charge in [0.05, 0.1) is 7.11 Å². The number of ether oxygens (including phenoxy) is 1. The molecular weight excluding hydrogens is 266 g/mol. The third kappa shape index (κ3) is 5.75. The Kier molecular flexibility index (Phi) is 6.36. The molecule has 0 spiro atoms. The lowest BCUT2D eigenvalue weighted by molar-refractivity contribution is -0.146. The van der Waals surface area contributed by atoms with Gasteiger partial charge >= 0.3 is 5.97 Å². The highest BCUT2D eigenvalue weighted by Crippen LogP contribution is 2.12. The van der Waals surface area contributed by atoms with E-state index >= 15 is 0 Å². The van der Waals surface area contributed by atoms with Crippen molar-refractivity contribution in [2.45, 2.75) is 19.3 Å². The van der Waals surface area contributed by atoms with Gasteiger partial charge in [-0.25, -0.2) is 0 Å². The lowest BCUT2D eigenvalue weighted by Gasteiger charge is -2.15. The Hall–Kier alpha value is -1.55. The molecule has 0 aromatic heterocycles. The molecule has 1 rings (SSSR count). The maximum atomic E-state index is 11.7. The van der Waals surface area contributed by atoms with E-state index < -0.39 is 5.97 Å². The van der Waals surface area contributed by atoms with Gasteiger partial charge in [-0.05, 0) is 30.5 Å². The number of carbonyl (C=O) groups excluding carboxylic acids is 2. The second-order valence-corrected chi connectivity index (χ2v) is 4.74. The van der Waals surface area contributed by atoms with Gasteiger partial charge in [-0.3, -0.25) is 9.59 Å². The molecule has 0 aliphatic rings. The van der Waals surface area contributed by atoms with Crippen molar-refractivity contribution >= 4 is 23.5 Å². The molecule has 19 heavy (non-hydrogen) atoms. The second kappa shape index (κ2) is 7.79. The molecule has 0 atom stereocenters. The number of hydrogen-bond donors (Lipinski definition) is 0. The standard InChI is InChI=1S/C14H18ClNO3/c1-16(10-14(18)19-2)13(17)5-3-4-11-6-8-12(15)9-7-11/h6-9H,3-5,10H2,1-2H3. The number of methoxy groups -OCH3 is 1. The lowest BCUT2D eigenvalue weighted by Crippen LogP contribution is -2.32. The number of esters is 1. The van der Waals surface area contributed by atoms with Crippen LogP contribution in [0.15, 0.2) is 24.3 Å². The van der Waals surface area contributed by atoms with Crippen molar-refractivity contribution in [1.29, 1.82) is 0 Å². The predicted octanol–water partition coefficient (Wildman–Crippen LogP) is 2.29. The molecule has 5 heteroatoms. The molecule has 0 aliphatic heterocycles. The quantitative estimate of drug-likeness (QED) is 0.753. The molecule has 104 valence electrons. The van der Waals surface area contributed by atoms with Gasteiger partial charge < -0.3 is 9.64 Å². The van der Waals surface area contributed by atoms with Gasteiger partial charge in [0.25, 0.3) is 0 Å². The average molecular weight is 284 g/mol. The van der Waals surface area contributed by atoms with Crippen LogP contribution in [0.4, 0.5) is 0 Å². The van der Waals surface area contributed by atoms with Crippen molar-refractivity contribution in [3.8, 4) is 0 Å². The summed E-state index contributed by atoms with van der Waals surface area (Å²) >= 11 is 5.80. The minimum Gasteiger partial charge on any atom is -0.468 e. The van der Waals surface area contributed by atoms with Crippen molar-refractivity contribution in [3.05, 3.63) is 34.9 Å². The third-order valence-electron chi connectivity index (χ3n) is 2.79. The first kappa shape index (κ1) is 15.5. The largest absolute Gasteiger partial charge is 0.468 e. The van der Waals surface area contributed by atoms with E-state index in [1.54, 1.807) is 7.05 Å². The topological polar surface area (TPSA) is 46.6 Å². The molecule has 0 bridgehead atoms. The van der Waals surface area contributed by atoms with Gasteiger partial charge in [-0.1, -0.05) is 23.7 Å². The fourth-order valence-electron chi connectivity index (χ4n) is 1.63. The molecule has 1 aromatic rings. The summed E-state index contributed by atoms with van der Waals surface area (Å²) in [4.78, 5) is 24.1. The molecule has 1 aromatic carbocycles. The van der Waals surface area contributed by atoms with E-state index in [1.165, 1.54) is 12.0 Å². The Morgan fingerprint density at radius 3 is 2.47 bits per heavy atom. The molecule has 0 N–H and O–H groups in total. The number of halogens is 1. The van der Waals surface area contributed by atoms with Crippen LogP contribution in [0.5, 0.6) is 0 Å². The van der Waals surface area contributed by atoms with Crippen molar-refractivity contribution < 1.29 is 14.3 Å². The van der Waals surface area contributed by atoms with E-state index in [9.17, 15) is 9.59 Å². The summed E-state index contributed by atoms with van der Waals surface area (Å²) in [6.45, 7) is -0.00369. The highest BCUT2D eigenvalue weighted by Gasteiger charge is 2.12. The monoisotopic (exact) mass is 283 g/mol. The van der Waals surface area contributed by atoms with Crippen molar-refractivity contribution in [2.75, 3.05) is 20.7 Å². The Morgan fingerprint density at radius 1 is 1.26 bits per heavy atom. The summed E-state index contributed by atoms with van der Waals surface area (Å²) in [5.74, 6) is -0.465. The first-order valence-corrected chi connectivity index (χ1v) is 6.46. The predicted molar refractivity (Wildman–Crippen MR) is 74.0 cm³/mol. The summed E-state index contributed by atoms with van der Waals surface area (Å²) < 4.78 is 4.51. The SMILES string of the molecule is COC(=O)CN(C)C(=O)CCCc1ccc(Cl)cc1. The third-order valence-corrected chi connectivity index (χ3v) is 3.04. The summed E-state index contributed by atoms with van der Waals surface area (Å²) in [7, 11) is 2.91. The molecule has 0 heterocycles. The van der Waals surface area contributed by atoms with Gasteiger partial charge in [0, 0.05) is 18.5 Å². The fraction of sp³-hybridized carbons (Fsp3) is 0.429. The Morgan fingerprint density at radius 2 is 1.89 bits per heavy atom. The molecule has 0 saturated heterocycles. The van der Waals surface area contributed by atoms with Crippen molar-refractivity contribution in [2.24, 2.45) is 0 Å². The molecule has 0 aliphatic carbocycles. The minimum absolute atomic E-state index is 0.00369. The van der Waals surface area contributed by atoms with E-state index in [2.05, 4.69) is 4.74 Å². The van der Waals surface area contributed by atoms with Crippen molar-refractivity contribution in [3.63, 3.8) is 0 Å². The number of rotatable bonds is 6. The van der Waals surface area contributed by atoms with Gasteiger partial charge in [-0.15, -0.1) is 0 Å². The number of aryl methyl sites for hydroxylation is 1. The van der Waals surface area contributed by atoms with Crippen LogP contribution in [0.1, 0.15) is 18.4 Å². The number of carbonyl (C=O) groups is 2. The van der Waals surface area contributed by atoms with Gasteiger partial charge in [0.2, 0.25) is 5.91 Å². The number of amides is 1. The molecule has 0 saturated carbocycles. The van der Waals surface area contributed by atoms with Crippen LogP contribution in [-0.2, 0) is 20.7 Å². The van der Waals surface area contributed by atoms with Crippen LogP contribution in [0.25, 0.3) is 0 Å². The fourth-order valence-corrected chi connectivity index (χ4v) is 1.76. The molecule has 4 nitrogen and oxygen atoms in total. The van der Waals surface area contributed by atoms with E-state index in [4.69, 9.17) is 11.6 Å². The first-order valence-electron chi connectivity index (χ1n) is 6.08. The Bertz CT molecular complexity index is 431. The Balaban J connectivity index is 2.30. The zero-order valence-electron chi connectivity index (χ0n) is 11.2. The van der Waals surface area contributed by atoms with Gasteiger partial charge in [0.1, 0.15) is 6.54 Å². The normalized spacial score (nSPS) is 10.1. The van der Waals surface area contributed by atoms with E-state index in [0.29, 0.717) is 11.4 Å². The maximum Gasteiger partial charge on any atom is 0.325 e. The first-order chi connectivity index (χ1) is 9.02. The summed E-state index contributed by atoms with van der Waals surface area (Å²) in [5.41, 5.74) is 1.15. The maximum absolute atomic E-state index is 11.7.